The molecular formula is C19H31N2O8P. The molecule has 2 heterocycles. The van der Waals surface area contributed by atoms with Crippen LogP contribution in [0.5, 0.6) is 0 Å². The zero-order valence-corrected chi connectivity index (χ0v) is 18.6. The van der Waals surface area contributed by atoms with Crippen LogP contribution in [0.2, 0.25) is 0 Å². The molecule has 1 saturated heterocycles. The molecule has 0 spiro atoms. The van der Waals surface area contributed by atoms with Crippen LogP contribution < -0.4 is 16.1 Å². The van der Waals surface area contributed by atoms with Gasteiger partial charge in [0.1, 0.15) is 6.61 Å². The van der Waals surface area contributed by atoms with Crippen LogP contribution in [0.3, 0.4) is 0 Å². The van der Waals surface area contributed by atoms with E-state index < -0.39 is 18.8 Å². The largest absolute Gasteiger partial charge is 0.409 e. The van der Waals surface area contributed by atoms with Crippen molar-refractivity contribution in [3.8, 4) is 0 Å². The Bertz CT molecular complexity index is 834. The minimum atomic E-state index is -3.39. The number of aryl methyl sites for hydroxylation is 1. The summed E-state index contributed by atoms with van der Waals surface area (Å²) >= 11 is 0. The van der Waals surface area contributed by atoms with Crippen molar-refractivity contribution in [2.24, 2.45) is 5.92 Å². The summed E-state index contributed by atoms with van der Waals surface area (Å²) < 4.78 is 35.6. The van der Waals surface area contributed by atoms with E-state index in [9.17, 15) is 14.2 Å². The molecule has 0 bridgehead atoms. The van der Waals surface area contributed by atoms with Gasteiger partial charge in [0, 0.05) is 23.9 Å². The highest BCUT2D eigenvalue weighted by molar-refractivity contribution is 7.57. The molecule has 1 aromatic rings. The van der Waals surface area contributed by atoms with Crippen LogP contribution >= 0.6 is 7.60 Å². The van der Waals surface area contributed by atoms with Gasteiger partial charge < -0.3 is 23.4 Å². The van der Waals surface area contributed by atoms with E-state index in [2.05, 4.69) is 4.98 Å². The molecule has 2 unspecified atom stereocenters. The lowest BCUT2D eigenvalue weighted by Gasteiger charge is -2.24. The van der Waals surface area contributed by atoms with Crippen molar-refractivity contribution in [1.29, 1.82) is 0 Å². The Labute approximate surface area is 175 Å². The van der Waals surface area contributed by atoms with Gasteiger partial charge in [-0.15, -0.1) is 4.73 Å². The molecule has 1 fully saturated rings. The normalized spacial score (nSPS) is 18.6. The summed E-state index contributed by atoms with van der Waals surface area (Å²) in [5.41, 5.74) is -0.812. The van der Waals surface area contributed by atoms with Gasteiger partial charge >= 0.3 is 13.3 Å². The van der Waals surface area contributed by atoms with Crippen molar-refractivity contribution >= 4 is 7.60 Å². The van der Waals surface area contributed by atoms with Crippen LogP contribution in [-0.2, 0) is 23.1 Å². The minimum Gasteiger partial charge on any atom is -0.409 e. The fourth-order valence-corrected chi connectivity index (χ4v) is 4.18. The topological polar surface area (TPSA) is 118 Å². The van der Waals surface area contributed by atoms with E-state index in [-0.39, 0.29) is 38.6 Å². The van der Waals surface area contributed by atoms with Crippen LogP contribution in [-0.4, -0.2) is 49.0 Å². The molecular weight excluding hydrogens is 415 g/mol. The standard InChI is InChI=1S/C19H31N2O8P/c1-4-28-30(24,29-5-2)11-9-16(13-26-17-8-6-7-10-25-17)14-27-21-12-15(3)18(22)20-19(21)23/h9,11-12,16-17H,4-8,10,13-14H2,1-3H3,(H,20,22,23). The molecule has 2 atom stereocenters. The Hall–Kier alpha value is -1.71. The van der Waals surface area contributed by atoms with Crippen molar-refractivity contribution in [2.45, 2.75) is 46.3 Å². The van der Waals surface area contributed by atoms with Gasteiger partial charge in [-0.25, -0.2) is 4.79 Å². The monoisotopic (exact) mass is 446 g/mol. The predicted molar refractivity (Wildman–Crippen MR) is 111 cm³/mol. The first-order valence-corrected chi connectivity index (χ1v) is 11.7. The summed E-state index contributed by atoms with van der Waals surface area (Å²) in [6.45, 7) is 6.41. The van der Waals surface area contributed by atoms with Gasteiger partial charge in [-0.3, -0.25) is 14.3 Å². The van der Waals surface area contributed by atoms with Crippen molar-refractivity contribution in [3.63, 3.8) is 0 Å². The van der Waals surface area contributed by atoms with Gasteiger partial charge in [0.25, 0.3) is 5.56 Å². The quantitative estimate of drug-likeness (QED) is 0.486. The Balaban J connectivity index is 2.10. The number of aromatic nitrogens is 2. The second-order valence-electron chi connectivity index (χ2n) is 6.80. The minimum absolute atomic E-state index is 0.0346. The maximum Gasteiger partial charge on any atom is 0.361 e. The molecule has 10 nitrogen and oxygen atoms in total. The molecule has 1 aliphatic rings. The first-order chi connectivity index (χ1) is 14.4. The smallest absolute Gasteiger partial charge is 0.361 e. The number of nitrogens with zero attached hydrogens (tertiary/aromatic N) is 1. The number of H-pyrrole nitrogens is 1. The first kappa shape index (κ1) is 24.6. The highest BCUT2D eigenvalue weighted by Gasteiger charge is 2.22. The van der Waals surface area contributed by atoms with E-state index in [4.69, 9.17) is 23.4 Å². The zero-order valence-electron chi connectivity index (χ0n) is 17.7. The second-order valence-corrected chi connectivity index (χ2v) is 8.69. The summed E-state index contributed by atoms with van der Waals surface area (Å²) in [4.78, 5) is 31.2. The van der Waals surface area contributed by atoms with E-state index >= 15 is 0 Å². The maximum atomic E-state index is 12.7. The number of rotatable bonds is 12. The van der Waals surface area contributed by atoms with Crippen molar-refractivity contribution in [2.75, 3.05) is 33.0 Å². The van der Waals surface area contributed by atoms with E-state index in [1.807, 2.05) is 0 Å². The lowest BCUT2D eigenvalue weighted by Crippen LogP contribution is -2.37. The van der Waals surface area contributed by atoms with E-state index in [0.29, 0.717) is 12.2 Å². The molecule has 1 N–H and O–H groups in total. The average molecular weight is 446 g/mol. The van der Waals surface area contributed by atoms with E-state index in [1.54, 1.807) is 26.8 Å². The zero-order chi connectivity index (χ0) is 22.0. The molecule has 0 amide bonds. The molecule has 170 valence electrons. The van der Waals surface area contributed by atoms with Crippen LogP contribution in [0.4, 0.5) is 0 Å². The van der Waals surface area contributed by atoms with Crippen LogP contribution in [0.15, 0.2) is 27.7 Å². The van der Waals surface area contributed by atoms with E-state index in [1.165, 1.54) is 12.0 Å². The molecule has 0 aromatic carbocycles. The highest BCUT2D eigenvalue weighted by Crippen LogP contribution is 2.49. The van der Waals surface area contributed by atoms with Gasteiger partial charge in [0.15, 0.2) is 6.29 Å². The highest BCUT2D eigenvalue weighted by atomic mass is 31.2. The van der Waals surface area contributed by atoms with Gasteiger partial charge in [-0.2, -0.15) is 0 Å². The predicted octanol–water partition coefficient (Wildman–Crippen LogP) is 2.21. The number of hydrogen-bond donors (Lipinski definition) is 1. The second kappa shape index (κ2) is 12.2. The molecule has 1 aromatic heterocycles. The van der Waals surface area contributed by atoms with Crippen molar-refractivity contribution in [1.82, 2.24) is 9.71 Å². The van der Waals surface area contributed by atoms with E-state index in [0.717, 1.165) is 24.0 Å². The lowest BCUT2D eigenvalue weighted by atomic mass is 10.2. The van der Waals surface area contributed by atoms with Gasteiger partial charge in [0.05, 0.1) is 26.0 Å². The van der Waals surface area contributed by atoms with Crippen molar-refractivity contribution in [3.05, 3.63) is 44.5 Å². The number of ether oxygens (including phenoxy) is 2. The Kier molecular flexibility index (Phi) is 10.0. The maximum absolute atomic E-state index is 12.7. The van der Waals surface area contributed by atoms with Gasteiger partial charge in [-0.05, 0) is 40.0 Å². The Morgan fingerprint density at radius 1 is 1.27 bits per heavy atom. The van der Waals surface area contributed by atoms with Crippen LogP contribution in [0.1, 0.15) is 38.7 Å². The fraction of sp³-hybridized carbons (Fsp3) is 0.684. The third-order valence-electron chi connectivity index (χ3n) is 4.31. The molecule has 2 rings (SSSR count). The Morgan fingerprint density at radius 2 is 2.00 bits per heavy atom. The first-order valence-electron chi connectivity index (χ1n) is 10.1. The molecule has 0 saturated carbocycles. The van der Waals surface area contributed by atoms with Crippen LogP contribution in [0, 0.1) is 12.8 Å². The molecule has 0 aliphatic carbocycles. The third kappa shape index (κ3) is 7.85. The average Bonchev–Trinajstić information content (AvgIpc) is 2.72. The molecule has 11 heteroatoms. The molecule has 0 radical (unpaired) electrons. The van der Waals surface area contributed by atoms with Crippen LogP contribution in [0.25, 0.3) is 0 Å². The molecule has 30 heavy (non-hydrogen) atoms. The SMILES string of the molecule is CCOP(=O)(C=CC(COC1CCCCO1)COn1cc(C)c(=O)[nH]c1=O)OCC. The Morgan fingerprint density at radius 3 is 2.63 bits per heavy atom. The number of nitrogens with one attached hydrogen (secondary N) is 1. The number of hydrogen-bond acceptors (Lipinski definition) is 8. The van der Waals surface area contributed by atoms with Gasteiger partial charge in [0.2, 0.25) is 0 Å². The van der Waals surface area contributed by atoms with Gasteiger partial charge in [-0.1, -0.05) is 6.08 Å². The fourth-order valence-electron chi connectivity index (χ4n) is 2.76. The lowest BCUT2D eigenvalue weighted by molar-refractivity contribution is -0.169. The summed E-state index contributed by atoms with van der Waals surface area (Å²) in [5.74, 6) is 1.02. The number of aromatic amines is 1. The van der Waals surface area contributed by atoms with Crippen molar-refractivity contribution < 1.29 is 27.9 Å². The third-order valence-corrected chi connectivity index (χ3v) is 6.08. The summed E-state index contributed by atoms with van der Waals surface area (Å²) in [5, 5.41) is 0. The summed E-state index contributed by atoms with van der Waals surface area (Å²) in [6, 6.07) is 0. The molecule has 1 aliphatic heterocycles. The summed E-state index contributed by atoms with van der Waals surface area (Å²) in [6.07, 6.45) is 5.48. The summed E-state index contributed by atoms with van der Waals surface area (Å²) in [7, 11) is -3.39.